The van der Waals surface area contributed by atoms with E-state index in [-0.39, 0.29) is 5.69 Å². The maximum Gasteiger partial charge on any atom is 0.291 e. The fraction of sp³-hybridized carbons (Fsp3) is 0.190. The molecule has 30 heavy (non-hydrogen) atoms. The van der Waals surface area contributed by atoms with Crippen molar-refractivity contribution in [2.45, 2.75) is 6.54 Å². The van der Waals surface area contributed by atoms with Gasteiger partial charge in [0.2, 0.25) is 5.75 Å². The van der Waals surface area contributed by atoms with Crippen LogP contribution in [0.25, 0.3) is 0 Å². The first-order valence-electron chi connectivity index (χ1n) is 8.95. The average Bonchev–Trinajstić information content (AvgIpc) is 3.23. The maximum absolute atomic E-state index is 12.3. The second kappa shape index (κ2) is 9.93. The average molecular weight is 473 g/mol. The monoisotopic (exact) mass is 472 g/mol. The van der Waals surface area contributed by atoms with Crippen LogP contribution in [0.2, 0.25) is 0 Å². The number of ether oxygens (including phenoxy) is 3. The molecule has 0 aliphatic rings. The van der Waals surface area contributed by atoms with E-state index in [0.29, 0.717) is 29.4 Å². The summed E-state index contributed by atoms with van der Waals surface area (Å²) < 4.78 is 18.6. The van der Waals surface area contributed by atoms with Crippen LogP contribution >= 0.6 is 15.9 Å². The van der Waals surface area contributed by atoms with Crippen molar-refractivity contribution in [2.24, 2.45) is 5.10 Å². The molecule has 0 radical (unpaired) electrons. The summed E-state index contributed by atoms with van der Waals surface area (Å²) in [5, 5.41) is 8.29. The Kier molecular flexibility index (Phi) is 7.08. The summed E-state index contributed by atoms with van der Waals surface area (Å²) in [6.07, 6.45) is 3.24. The number of halogens is 1. The summed E-state index contributed by atoms with van der Waals surface area (Å²) >= 11 is 3.41. The van der Waals surface area contributed by atoms with Crippen molar-refractivity contribution in [3.8, 4) is 17.2 Å². The molecule has 9 heteroatoms. The van der Waals surface area contributed by atoms with Crippen LogP contribution < -0.4 is 19.6 Å². The second-order valence-corrected chi connectivity index (χ2v) is 7.10. The van der Waals surface area contributed by atoms with Gasteiger partial charge in [-0.15, -0.1) is 0 Å². The van der Waals surface area contributed by atoms with Crippen molar-refractivity contribution >= 4 is 28.1 Å². The molecule has 1 aromatic heterocycles. The third-order valence-electron chi connectivity index (χ3n) is 4.20. The molecule has 3 aromatic rings. The number of hydrazone groups is 1. The molecule has 8 nitrogen and oxygen atoms in total. The van der Waals surface area contributed by atoms with Crippen molar-refractivity contribution in [1.29, 1.82) is 0 Å². The van der Waals surface area contributed by atoms with Gasteiger partial charge >= 0.3 is 0 Å². The SMILES string of the molecule is COc1cc(/C=N/NC(=O)c2ccn(Cc3ccc(Br)cc3)n2)cc(OC)c1OC. The number of carbonyl (C=O) groups is 1. The lowest BCUT2D eigenvalue weighted by Gasteiger charge is -2.12. The quantitative estimate of drug-likeness (QED) is 0.400. The van der Waals surface area contributed by atoms with Crippen LogP contribution in [0.5, 0.6) is 17.2 Å². The third-order valence-corrected chi connectivity index (χ3v) is 4.73. The highest BCUT2D eigenvalue weighted by atomic mass is 79.9. The van der Waals surface area contributed by atoms with E-state index in [1.807, 2.05) is 24.3 Å². The van der Waals surface area contributed by atoms with E-state index >= 15 is 0 Å². The molecular formula is C21H21BrN4O4. The van der Waals surface area contributed by atoms with Gasteiger partial charge in [0.05, 0.1) is 34.1 Å². The van der Waals surface area contributed by atoms with Crippen LogP contribution in [0.15, 0.2) is 58.2 Å². The maximum atomic E-state index is 12.3. The van der Waals surface area contributed by atoms with Gasteiger partial charge in [-0.3, -0.25) is 9.48 Å². The molecule has 0 spiro atoms. The molecule has 0 unspecified atom stereocenters. The predicted molar refractivity (Wildman–Crippen MR) is 117 cm³/mol. The highest BCUT2D eigenvalue weighted by Gasteiger charge is 2.13. The number of hydrogen-bond acceptors (Lipinski definition) is 6. The zero-order valence-corrected chi connectivity index (χ0v) is 18.3. The first-order chi connectivity index (χ1) is 14.5. The van der Waals surface area contributed by atoms with Gasteiger partial charge in [-0.2, -0.15) is 10.2 Å². The van der Waals surface area contributed by atoms with Crippen LogP contribution in [0.1, 0.15) is 21.6 Å². The first kappa shape index (κ1) is 21.4. The van der Waals surface area contributed by atoms with Crippen molar-refractivity contribution in [1.82, 2.24) is 15.2 Å². The lowest BCUT2D eigenvalue weighted by Crippen LogP contribution is -2.18. The first-order valence-corrected chi connectivity index (χ1v) is 9.74. The predicted octanol–water partition coefficient (Wildman–Crippen LogP) is 3.48. The minimum atomic E-state index is -0.409. The van der Waals surface area contributed by atoms with Crippen LogP contribution in [-0.4, -0.2) is 43.2 Å². The number of rotatable bonds is 8. The van der Waals surface area contributed by atoms with Crippen LogP contribution in [0.3, 0.4) is 0 Å². The van der Waals surface area contributed by atoms with E-state index in [9.17, 15) is 4.79 Å². The van der Waals surface area contributed by atoms with Gasteiger partial charge in [-0.1, -0.05) is 28.1 Å². The van der Waals surface area contributed by atoms with Crippen LogP contribution in [0, 0.1) is 0 Å². The van der Waals surface area contributed by atoms with Crippen LogP contribution in [0.4, 0.5) is 0 Å². The molecule has 156 valence electrons. The Labute approximate surface area is 182 Å². The van der Waals surface area contributed by atoms with E-state index < -0.39 is 5.91 Å². The fourth-order valence-corrected chi connectivity index (χ4v) is 3.01. The van der Waals surface area contributed by atoms with Gasteiger partial charge in [0.1, 0.15) is 0 Å². The summed E-state index contributed by atoms with van der Waals surface area (Å²) in [7, 11) is 4.60. The number of hydrogen-bond donors (Lipinski definition) is 1. The van der Waals surface area contributed by atoms with E-state index in [2.05, 4.69) is 31.6 Å². The van der Waals surface area contributed by atoms with E-state index in [1.54, 1.807) is 29.1 Å². The van der Waals surface area contributed by atoms with Gasteiger partial charge in [0.25, 0.3) is 5.91 Å². The minimum Gasteiger partial charge on any atom is -0.493 e. The Bertz CT molecular complexity index is 1020. The van der Waals surface area contributed by atoms with Gasteiger partial charge in [-0.25, -0.2) is 5.43 Å². The molecule has 1 amide bonds. The Morgan fingerprint density at radius 3 is 2.37 bits per heavy atom. The Hall–Kier alpha value is -3.33. The molecule has 2 aromatic carbocycles. The number of carbonyl (C=O) groups excluding carboxylic acids is 1. The molecule has 3 rings (SSSR count). The van der Waals surface area contributed by atoms with Crippen LogP contribution in [-0.2, 0) is 6.54 Å². The Morgan fingerprint density at radius 1 is 1.10 bits per heavy atom. The minimum absolute atomic E-state index is 0.272. The number of methoxy groups -OCH3 is 3. The van der Waals surface area contributed by atoms with Crippen molar-refractivity contribution in [3.63, 3.8) is 0 Å². The Balaban J connectivity index is 1.65. The topological polar surface area (TPSA) is 87.0 Å². The molecule has 0 saturated carbocycles. The molecule has 0 saturated heterocycles. The molecule has 0 aliphatic carbocycles. The number of amides is 1. The Morgan fingerprint density at radius 2 is 1.77 bits per heavy atom. The largest absolute Gasteiger partial charge is 0.493 e. The second-order valence-electron chi connectivity index (χ2n) is 6.18. The fourth-order valence-electron chi connectivity index (χ4n) is 2.75. The van der Waals surface area contributed by atoms with Gasteiger partial charge < -0.3 is 14.2 Å². The number of benzene rings is 2. The molecule has 1 N–H and O–H groups in total. The molecule has 0 bridgehead atoms. The van der Waals surface area contributed by atoms with E-state index in [0.717, 1.165) is 10.0 Å². The summed E-state index contributed by atoms with van der Waals surface area (Å²) in [6.45, 7) is 0.565. The van der Waals surface area contributed by atoms with Gasteiger partial charge in [-0.05, 0) is 35.9 Å². The van der Waals surface area contributed by atoms with Gasteiger partial charge in [0, 0.05) is 16.2 Å². The molecule has 0 atom stereocenters. The zero-order chi connectivity index (χ0) is 21.5. The summed E-state index contributed by atoms with van der Waals surface area (Å²) in [5.74, 6) is 1.07. The molecular weight excluding hydrogens is 452 g/mol. The van der Waals surface area contributed by atoms with E-state index in [1.165, 1.54) is 27.5 Å². The number of nitrogens with zero attached hydrogens (tertiary/aromatic N) is 3. The zero-order valence-electron chi connectivity index (χ0n) is 16.8. The van der Waals surface area contributed by atoms with Crippen molar-refractivity contribution in [3.05, 3.63) is 70.0 Å². The molecule has 0 fully saturated rings. The highest BCUT2D eigenvalue weighted by molar-refractivity contribution is 9.10. The van der Waals surface area contributed by atoms with E-state index in [4.69, 9.17) is 14.2 Å². The normalized spacial score (nSPS) is 10.8. The van der Waals surface area contributed by atoms with Gasteiger partial charge in [0.15, 0.2) is 17.2 Å². The standard InChI is InChI=1S/C21H21BrN4O4/c1-28-18-10-15(11-19(29-2)20(18)30-3)12-23-24-21(27)17-8-9-26(25-17)13-14-4-6-16(22)7-5-14/h4-12H,13H2,1-3H3,(H,24,27)/b23-12+. The molecule has 1 heterocycles. The smallest absolute Gasteiger partial charge is 0.291 e. The summed E-state index contributed by atoms with van der Waals surface area (Å²) in [5.41, 5.74) is 4.49. The number of aromatic nitrogens is 2. The van der Waals surface area contributed by atoms with Crippen molar-refractivity contribution < 1.29 is 19.0 Å². The summed E-state index contributed by atoms with van der Waals surface area (Å²) in [4.78, 5) is 12.3. The molecule has 0 aliphatic heterocycles. The lowest BCUT2D eigenvalue weighted by molar-refractivity contribution is 0.0949. The summed E-state index contributed by atoms with van der Waals surface area (Å²) in [6, 6.07) is 13.0. The lowest BCUT2D eigenvalue weighted by atomic mass is 10.2. The number of nitrogens with one attached hydrogen (secondary N) is 1. The third kappa shape index (κ3) is 5.18. The van der Waals surface area contributed by atoms with Crippen molar-refractivity contribution in [2.75, 3.05) is 21.3 Å². The highest BCUT2D eigenvalue weighted by Crippen LogP contribution is 2.37.